The van der Waals surface area contributed by atoms with Gasteiger partial charge in [0.05, 0.1) is 37.0 Å². The van der Waals surface area contributed by atoms with Crippen LogP contribution in [0.4, 0.5) is 0 Å². The van der Waals surface area contributed by atoms with E-state index in [2.05, 4.69) is 37.7 Å². The highest BCUT2D eigenvalue weighted by atomic mass is 28.4. The zero-order chi connectivity index (χ0) is 52.8. The number of ether oxygens (including phenoxy) is 9. The third-order valence-electron chi connectivity index (χ3n) is 13.9. The topological polar surface area (TPSA) is 209 Å². The van der Waals surface area contributed by atoms with Gasteiger partial charge in [0.25, 0.3) is 0 Å². The van der Waals surface area contributed by atoms with Gasteiger partial charge in [-0.05, 0) is 77.1 Å². The molecule has 74 heavy (non-hydrogen) atoms. The molecule has 2 saturated heterocycles. The normalized spacial score (nSPS) is 23.9. The van der Waals surface area contributed by atoms with Crippen LogP contribution in [0, 0.1) is 5.92 Å². The van der Waals surface area contributed by atoms with E-state index < -0.39 is 100 Å². The van der Waals surface area contributed by atoms with Crippen LogP contribution in [-0.4, -0.2) is 107 Å². The SMILES string of the molecule is COC(=O)[C@@H]1O[C@@H](O[C@H]2[C@H](OCc3ccccc3)[C@@H](N=[N+]=[N-])[C@H](O[Si](C)(C)C(C)(C)C(C)C)O[C@@H]2COC(=O)c2ccccc2)[C@H](OC(=O)c2ccccc2)[C@@H](OCc2ccccc2)[C@@H]1OC(=O)c1ccccc1. The average molecular weight is 1030 g/mol. The fourth-order valence-corrected chi connectivity index (χ4v) is 11.0. The minimum atomic E-state index is -2.84. The zero-order valence-corrected chi connectivity index (χ0v) is 43.5. The summed E-state index contributed by atoms with van der Waals surface area (Å²) in [5.41, 5.74) is 12.3. The van der Waals surface area contributed by atoms with Crippen molar-refractivity contribution in [3.63, 3.8) is 0 Å². The number of nitrogens with zero attached hydrogens (tertiary/aromatic N) is 3. The van der Waals surface area contributed by atoms with Crippen LogP contribution in [-0.2, 0) is 65.1 Å². The predicted molar refractivity (Wildman–Crippen MR) is 273 cm³/mol. The molecule has 2 heterocycles. The molecular formula is C56H63N3O14Si. The smallest absolute Gasteiger partial charge is 0.339 e. The van der Waals surface area contributed by atoms with Gasteiger partial charge in [0.2, 0.25) is 0 Å². The first-order chi connectivity index (χ1) is 35.6. The Labute approximate surface area is 432 Å². The molecule has 2 aliphatic heterocycles. The molecule has 10 atom stereocenters. The predicted octanol–water partition coefficient (Wildman–Crippen LogP) is 9.81. The van der Waals surface area contributed by atoms with Crippen molar-refractivity contribution in [2.24, 2.45) is 11.0 Å². The number of hydrogen-bond acceptors (Lipinski definition) is 15. The van der Waals surface area contributed by atoms with Crippen LogP contribution in [0.2, 0.25) is 18.1 Å². The molecule has 0 unspecified atom stereocenters. The summed E-state index contributed by atoms with van der Waals surface area (Å²) in [6.45, 7) is 11.8. The van der Waals surface area contributed by atoms with Gasteiger partial charge in [-0.3, -0.25) is 0 Å². The first-order valence-corrected chi connectivity index (χ1v) is 27.3. The second-order valence-corrected chi connectivity index (χ2v) is 23.8. The third kappa shape index (κ3) is 13.5. The molecular weight excluding hydrogens is 967 g/mol. The first kappa shape index (κ1) is 55.0. The molecule has 5 aromatic rings. The van der Waals surface area contributed by atoms with Gasteiger partial charge in [-0.15, -0.1) is 0 Å². The molecule has 7 rings (SSSR count). The molecule has 2 fully saturated rings. The number of hydrogen-bond donors (Lipinski definition) is 0. The highest BCUT2D eigenvalue weighted by Gasteiger charge is 2.58. The van der Waals surface area contributed by atoms with Crippen molar-refractivity contribution < 1.29 is 66.2 Å². The fraction of sp³-hybridized carbons (Fsp3) is 0.393. The zero-order valence-electron chi connectivity index (χ0n) is 42.5. The molecule has 0 radical (unpaired) electrons. The summed E-state index contributed by atoms with van der Waals surface area (Å²) >= 11 is 0. The van der Waals surface area contributed by atoms with Crippen LogP contribution in [0.25, 0.3) is 10.4 Å². The maximum Gasteiger partial charge on any atom is 0.339 e. The van der Waals surface area contributed by atoms with Crippen molar-refractivity contribution in [3.05, 3.63) is 190 Å². The largest absolute Gasteiger partial charge is 0.467 e. The summed E-state index contributed by atoms with van der Waals surface area (Å²) in [6.07, 6.45) is -13.7. The maximum atomic E-state index is 14.4. The second-order valence-electron chi connectivity index (χ2n) is 19.3. The fourth-order valence-electron chi connectivity index (χ4n) is 8.50. The lowest BCUT2D eigenvalue weighted by atomic mass is 9.95. The molecule has 5 aromatic carbocycles. The number of rotatable bonds is 21. The Bertz CT molecular complexity index is 2660. The van der Waals surface area contributed by atoms with E-state index in [-0.39, 0.29) is 40.9 Å². The molecule has 2 aliphatic rings. The van der Waals surface area contributed by atoms with E-state index in [0.717, 1.165) is 12.7 Å². The van der Waals surface area contributed by atoms with E-state index >= 15 is 0 Å². The van der Waals surface area contributed by atoms with Crippen molar-refractivity contribution in [2.45, 2.75) is 120 Å². The van der Waals surface area contributed by atoms with E-state index in [9.17, 15) is 24.7 Å². The van der Waals surface area contributed by atoms with E-state index in [0.29, 0.717) is 5.56 Å². The van der Waals surface area contributed by atoms with Gasteiger partial charge >= 0.3 is 23.9 Å². The Morgan fingerprint density at radius 1 is 0.622 bits per heavy atom. The van der Waals surface area contributed by atoms with Crippen LogP contribution < -0.4 is 0 Å². The van der Waals surface area contributed by atoms with Crippen LogP contribution in [0.1, 0.15) is 69.9 Å². The molecule has 0 aliphatic carbocycles. The number of azide groups is 1. The molecule has 0 N–H and O–H groups in total. The molecule has 390 valence electrons. The minimum Gasteiger partial charge on any atom is -0.467 e. The first-order valence-electron chi connectivity index (χ1n) is 24.4. The highest BCUT2D eigenvalue weighted by molar-refractivity contribution is 6.74. The maximum absolute atomic E-state index is 14.4. The number of benzene rings is 5. The quantitative estimate of drug-likeness (QED) is 0.0167. The summed E-state index contributed by atoms with van der Waals surface area (Å²) in [5, 5.41) is 3.91. The molecule has 0 spiro atoms. The third-order valence-corrected chi connectivity index (χ3v) is 18.4. The molecule has 18 heteroatoms. The van der Waals surface area contributed by atoms with E-state index in [1.807, 2.05) is 49.5 Å². The molecule has 0 amide bonds. The monoisotopic (exact) mass is 1030 g/mol. The molecule has 0 saturated carbocycles. The minimum absolute atomic E-state index is 0.0482. The Balaban J connectivity index is 1.38. The Hall–Kier alpha value is -6.73. The van der Waals surface area contributed by atoms with Crippen molar-refractivity contribution in [2.75, 3.05) is 13.7 Å². The van der Waals surface area contributed by atoms with Gasteiger partial charge in [-0.25, -0.2) is 19.2 Å². The van der Waals surface area contributed by atoms with Gasteiger partial charge in [0.1, 0.15) is 37.1 Å². The molecule has 17 nitrogen and oxygen atoms in total. The summed E-state index contributed by atoms with van der Waals surface area (Å²) in [6, 6.07) is 41.5. The van der Waals surface area contributed by atoms with Gasteiger partial charge in [0.15, 0.2) is 39.2 Å². The Morgan fingerprint density at radius 3 is 1.55 bits per heavy atom. The highest BCUT2D eigenvalue weighted by Crippen LogP contribution is 2.47. The summed E-state index contributed by atoms with van der Waals surface area (Å²) < 4.78 is 64.7. The summed E-state index contributed by atoms with van der Waals surface area (Å²) in [7, 11) is -1.71. The Kier molecular flexibility index (Phi) is 18.9. The van der Waals surface area contributed by atoms with Gasteiger partial charge < -0.3 is 47.1 Å². The molecule has 0 aromatic heterocycles. The van der Waals surface area contributed by atoms with E-state index in [1.165, 1.54) is 12.1 Å². The van der Waals surface area contributed by atoms with E-state index in [1.54, 1.807) is 103 Å². The summed E-state index contributed by atoms with van der Waals surface area (Å²) in [5.74, 6) is -3.22. The van der Waals surface area contributed by atoms with Gasteiger partial charge in [-0.2, -0.15) is 0 Å². The van der Waals surface area contributed by atoms with E-state index in [4.69, 9.17) is 47.1 Å². The van der Waals surface area contributed by atoms with Gasteiger partial charge in [-0.1, -0.05) is 148 Å². The number of carbonyl (C=O) groups excluding carboxylic acids is 4. The van der Waals surface area contributed by atoms with Crippen LogP contribution in [0.15, 0.2) is 157 Å². The standard InChI is InChI=1S/C56H63N3O14Si/c1-36(2)56(3,4)74(6,7)73-54-43(58-59-57)45(65-33-37-23-13-8-14-24-37)44(42(68-54)35-67-50(60)39-27-17-10-18-28-39)71-55-49(70-52(62)41-31-21-12-22-32-41)46(66-34-38-25-15-9-16-26-38)47(48(72-55)53(63)64-5)69-51(61)40-29-19-11-20-30-40/h8-32,36,42-49,54-55H,33-35H2,1-7H3/t42-,43-,44-,45-,46+,47+,48-,49-,54+,55-/m1/s1. The van der Waals surface area contributed by atoms with Crippen LogP contribution >= 0.6 is 0 Å². The lowest BCUT2D eigenvalue weighted by molar-refractivity contribution is -0.344. The van der Waals surface area contributed by atoms with Gasteiger partial charge in [0, 0.05) is 4.91 Å². The second kappa shape index (κ2) is 25.5. The van der Waals surface area contributed by atoms with Crippen molar-refractivity contribution in [1.82, 2.24) is 0 Å². The average Bonchev–Trinajstić information content (AvgIpc) is 3.41. The number of esters is 4. The van der Waals surface area contributed by atoms with Crippen LogP contribution in [0.5, 0.6) is 0 Å². The lowest BCUT2D eigenvalue weighted by Gasteiger charge is -2.51. The lowest BCUT2D eigenvalue weighted by Crippen LogP contribution is -2.67. The number of methoxy groups -OCH3 is 1. The van der Waals surface area contributed by atoms with Crippen molar-refractivity contribution in [3.8, 4) is 0 Å². The molecule has 0 bridgehead atoms. The number of carbonyl (C=O) groups is 4. The van der Waals surface area contributed by atoms with Crippen molar-refractivity contribution in [1.29, 1.82) is 0 Å². The Morgan fingerprint density at radius 2 is 1.08 bits per heavy atom. The van der Waals surface area contributed by atoms with Crippen molar-refractivity contribution >= 4 is 32.2 Å². The van der Waals surface area contributed by atoms with Crippen LogP contribution in [0.3, 0.4) is 0 Å². The summed E-state index contributed by atoms with van der Waals surface area (Å²) in [4.78, 5) is 59.5.